The SMILES string of the molecule is Cc1ccc(NC(=O)c2ccc3c(c2)OCCCO3)c(C)c1. The third-order valence-electron chi connectivity index (χ3n) is 3.64. The van der Waals surface area contributed by atoms with Gasteiger partial charge < -0.3 is 14.8 Å². The van der Waals surface area contributed by atoms with Crippen molar-refractivity contribution in [3.05, 3.63) is 53.1 Å². The number of rotatable bonds is 2. The molecule has 0 bridgehead atoms. The Morgan fingerprint density at radius 1 is 1.00 bits per heavy atom. The molecule has 0 saturated heterocycles. The molecule has 0 spiro atoms. The van der Waals surface area contributed by atoms with Crippen LogP contribution in [0.4, 0.5) is 5.69 Å². The summed E-state index contributed by atoms with van der Waals surface area (Å²) in [6, 6.07) is 11.2. The highest BCUT2D eigenvalue weighted by Gasteiger charge is 2.14. The van der Waals surface area contributed by atoms with Crippen LogP contribution in [0.2, 0.25) is 0 Å². The van der Waals surface area contributed by atoms with Crippen molar-refractivity contribution >= 4 is 11.6 Å². The second-order valence-electron chi connectivity index (χ2n) is 5.48. The predicted octanol–water partition coefficient (Wildman–Crippen LogP) is 3.72. The van der Waals surface area contributed by atoms with Crippen molar-refractivity contribution in [2.45, 2.75) is 20.3 Å². The summed E-state index contributed by atoms with van der Waals surface area (Å²) < 4.78 is 11.2. The Labute approximate surface area is 130 Å². The van der Waals surface area contributed by atoms with Crippen LogP contribution in [-0.2, 0) is 0 Å². The van der Waals surface area contributed by atoms with Crippen molar-refractivity contribution in [1.29, 1.82) is 0 Å². The average Bonchev–Trinajstić information content (AvgIpc) is 2.74. The zero-order valence-corrected chi connectivity index (χ0v) is 12.8. The smallest absolute Gasteiger partial charge is 0.255 e. The number of hydrogen-bond acceptors (Lipinski definition) is 3. The molecule has 1 amide bonds. The Kier molecular flexibility index (Phi) is 4.00. The van der Waals surface area contributed by atoms with E-state index in [4.69, 9.17) is 9.47 Å². The summed E-state index contributed by atoms with van der Waals surface area (Å²) in [6.45, 7) is 5.26. The Balaban J connectivity index is 1.81. The highest BCUT2D eigenvalue weighted by Crippen LogP contribution is 2.30. The summed E-state index contributed by atoms with van der Waals surface area (Å²) in [6.07, 6.45) is 0.846. The molecule has 22 heavy (non-hydrogen) atoms. The second kappa shape index (κ2) is 6.10. The van der Waals surface area contributed by atoms with E-state index in [1.165, 1.54) is 5.56 Å². The number of nitrogens with one attached hydrogen (secondary N) is 1. The monoisotopic (exact) mass is 297 g/mol. The number of fused-ring (bicyclic) bond motifs is 1. The van der Waals surface area contributed by atoms with E-state index in [0.29, 0.717) is 30.3 Å². The molecule has 0 unspecified atom stereocenters. The fraction of sp³-hybridized carbons (Fsp3) is 0.278. The van der Waals surface area contributed by atoms with Gasteiger partial charge in [-0.15, -0.1) is 0 Å². The van der Waals surface area contributed by atoms with Crippen LogP contribution in [-0.4, -0.2) is 19.1 Å². The molecule has 2 aromatic rings. The topological polar surface area (TPSA) is 47.6 Å². The molecule has 4 heteroatoms. The lowest BCUT2D eigenvalue weighted by atomic mass is 10.1. The van der Waals surface area contributed by atoms with Crippen molar-refractivity contribution in [3.63, 3.8) is 0 Å². The van der Waals surface area contributed by atoms with Gasteiger partial charge in [-0.2, -0.15) is 0 Å². The van der Waals surface area contributed by atoms with Gasteiger partial charge in [-0.05, 0) is 43.7 Å². The molecule has 0 aromatic heterocycles. The van der Waals surface area contributed by atoms with Gasteiger partial charge in [0.05, 0.1) is 13.2 Å². The minimum absolute atomic E-state index is 0.150. The molecule has 1 heterocycles. The molecule has 1 N–H and O–H groups in total. The van der Waals surface area contributed by atoms with E-state index in [9.17, 15) is 4.79 Å². The van der Waals surface area contributed by atoms with E-state index < -0.39 is 0 Å². The molecule has 3 rings (SSSR count). The number of amides is 1. The molecule has 0 fully saturated rings. The van der Waals surface area contributed by atoms with Crippen molar-refractivity contribution in [2.24, 2.45) is 0 Å². The summed E-state index contributed by atoms with van der Waals surface area (Å²) >= 11 is 0. The number of carbonyl (C=O) groups excluding carboxylic acids is 1. The molecule has 0 aliphatic carbocycles. The minimum atomic E-state index is -0.150. The van der Waals surface area contributed by atoms with E-state index in [2.05, 4.69) is 5.32 Å². The van der Waals surface area contributed by atoms with Crippen LogP contribution in [0.3, 0.4) is 0 Å². The Morgan fingerprint density at radius 2 is 1.77 bits per heavy atom. The van der Waals surface area contributed by atoms with Crippen molar-refractivity contribution in [2.75, 3.05) is 18.5 Å². The summed E-state index contributed by atoms with van der Waals surface area (Å²) in [5.74, 6) is 1.17. The molecule has 2 aromatic carbocycles. The third kappa shape index (κ3) is 3.06. The lowest BCUT2D eigenvalue weighted by molar-refractivity contribution is 0.102. The van der Waals surface area contributed by atoms with E-state index in [1.807, 2.05) is 32.0 Å². The Hall–Kier alpha value is -2.49. The first-order valence-electron chi connectivity index (χ1n) is 7.42. The lowest BCUT2D eigenvalue weighted by Gasteiger charge is -2.11. The van der Waals surface area contributed by atoms with Crippen molar-refractivity contribution in [1.82, 2.24) is 0 Å². The molecule has 0 radical (unpaired) electrons. The first-order chi connectivity index (χ1) is 10.6. The zero-order chi connectivity index (χ0) is 15.5. The maximum absolute atomic E-state index is 12.4. The Morgan fingerprint density at radius 3 is 2.55 bits per heavy atom. The minimum Gasteiger partial charge on any atom is -0.490 e. The predicted molar refractivity (Wildman–Crippen MR) is 85.9 cm³/mol. The van der Waals surface area contributed by atoms with Crippen LogP contribution in [0.5, 0.6) is 11.5 Å². The van der Waals surface area contributed by atoms with Gasteiger partial charge in [-0.3, -0.25) is 4.79 Å². The number of ether oxygens (including phenoxy) is 2. The number of hydrogen-bond donors (Lipinski definition) is 1. The zero-order valence-electron chi connectivity index (χ0n) is 12.8. The molecule has 1 aliphatic heterocycles. The van der Waals surface area contributed by atoms with Crippen LogP contribution >= 0.6 is 0 Å². The summed E-state index contributed by atoms with van der Waals surface area (Å²) in [5, 5.41) is 2.94. The maximum Gasteiger partial charge on any atom is 0.255 e. The average molecular weight is 297 g/mol. The number of anilines is 1. The van der Waals surface area contributed by atoms with Crippen molar-refractivity contribution < 1.29 is 14.3 Å². The quantitative estimate of drug-likeness (QED) is 0.919. The molecule has 1 aliphatic rings. The van der Waals surface area contributed by atoms with Crippen LogP contribution in [0.25, 0.3) is 0 Å². The van der Waals surface area contributed by atoms with Crippen molar-refractivity contribution in [3.8, 4) is 11.5 Å². The molecule has 0 saturated carbocycles. The third-order valence-corrected chi connectivity index (χ3v) is 3.64. The molecular formula is C18H19NO3. The summed E-state index contributed by atoms with van der Waals surface area (Å²) in [5.41, 5.74) is 3.60. The van der Waals surface area contributed by atoms with Gasteiger partial charge in [0, 0.05) is 17.7 Å². The van der Waals surface area contributed by atoms with E-state index in [1.54, 1.807) is 18.2 Å². The van der Waals surface area contributed by atoms with Gasteiger partial charge in [-0.1, -0.05) is 17.7 Å². The molecule has 4 nitrogen and oxygen atoms in total. The first-order valence-corrected chi connectivity index (χ1v) is 7.42. The first kappa shape index (κ1) is 14.4. The summed E-state index contributed by atoms with van der Waals surface area (Å²) in [7, 11) is 0. The largest absolute Gasteiger partial charge is 0.490 e. The fourth-order valence-corrected chi connectivity index (χ4v) is 2.45. The summed E-state index contributed by atoms with van der Waals surface area (Å²) in [4.78, 5) is 12.4. The van der Waals surface area contributed by atoms with Crippen LogP contribution < -0.4 is 14.8 Å². The van der Waals surface area contributed by atoms with Gasteiger partial charge in [0.25, 0.3) is 5.91 Å². The lowest BCUT2D eigenvalue weighted by Crippen LogP contribution is -2.13. The van der Waals surface area contributed by atoms with Crippen LogP contribution in [0.15, 0.2) is 36.4 Å². The van der Waals surface area contributed by atoms with Gasteiger partial charge in [0.2, 0.25) is 0 Å². The van der Waals surface area contributed by atoms with Crippen LogP contribution in [0.1, 0.15) is 27.9 Å². The van der Waals surface area contributed by atoms with Crippen LogP contribution in [0, 0.1) is 13.8 Å². The van der Waals surface area contributed by atoms with E-state index >= 15 is 0 Å². The second-order valence-corrected chi connectivity index (χ2v) is 5.48. The Bertz CT molecular complexity index is 709. The maximum atomic E-state index is 12.4. The highest BCUT2D eigenvalue weighted by molar-refractivity contribution is 6.05. The van der Waals surface area contributed by atoms with Gasteiger partial charge >= 0.3 is 0 Å². The van der Waals surface area contributed by atoms with Gasteiger partial charge in [-0.25, -0.2) is 0 Å². The number of carbonyl (C=O) groups is 1. The molecule has 114 valence electrons. The standard InChI is InChI=1S/C18H19NO3/c1-12-4-6-15(13(2)10-12)19-18(20)14-5-7-16-17(11-14)22-9-3-8-21-16/h4-7,10-11H,3,8-9H2,1-2H3,(H,19,20). The number of aryl methyl sites for hydroxylation is 2. The van der Waals surface area contributed by atoms with E-state index in [0.717, 1.165) is 17.7 Å². The van der Waals surface area contributed by atoms with E-state index in [-0.39, 0.29) is 5.91 Å². The molecule has 0 atom stereocenters. The van der Waals surface area contributed by atoms with Gasteiger partial charge in [0.15, 0.2) is 11.5 Å². The highest BCUT2D eigenvalue weighted by atomic mass is 16.5. The normalized spacial score (nSPS) is 13.4. The fourth-order valence-electron chi connectivity index (χ4n) is 2.45. The molecular weight excluding hydrogens is 278 g/mol. The van der Waals surface area contributed by atoms with Gasteiger partial charge in [0.1, 0.15) is 0 Å². The number of benzene rings is 2.